The number of hydrogen-bond acceptors (Lipinski definition) is 2. The minimum atomic E-state index is -0.190. The lowest BCUT2D eigenvalue weighted by Crippen LogP contribution is -2.45. The quantitative estimate of drug-likeness (QED) is 0.783. The Labute approximate surface area is 133 Å². The van der Waals surface area contributed by atoms with Crippen LogP contribution in [0, 0.1) is 5.92 Å². The fourth-order valence-corrected chi connectivity index (χ4v) is 3.10. The van der Waals surface area contributed by atoms with E-state index in [1.54, 1.807) is 0 Å². The van der Waals surface area contributed by atoms with Crippen molar-refractivity contribution in [3.63, 3.8) is 0 Å². The predicted molar refractivity (Wildman–Crippen MR) is 88.8 cm³/mol. The van der Waals surface area contributed by atoms with Crippen LogP contribution in [0.4, 0.5) is 4.79 Å². The van der Waals surface area contributed by atoms with Gasteiger partial charge in [-0.2, -0.15) is 0 Å². The molecule has 2 amide bonds. The Balaban J connectivity index is 1.81. The number of aliphatic hydroxyl groups excluding tert-OH is 1. The van der Waals surface area contributed by atoms with Crippen molar-refractivity contribution in [3.05, 3.63) is 35.9 Å². The molecule has 0 radical (unpaired) electrons. The second-order valence-electron chi connectivity index (χ2n) is 6.62. The summed E-state index contributed by atoms with van der Waals surface area (Å²) in [4.78, 5) is 12.1. The molecular weight excluding hydrogens is 276 g/mol. The highest BCUT2D eigenvalue weighted by molar-refractivity contribution is 5.74. The van der Waals surface area contributed by atoms with Crippen LogP contribution in [0.1, 0.15) is 51.0 Å². The van der Waals surface area contributed by atoms with Crippen LogP contribution in [0.3, 0.4) is 0 Å². The maximum absolute atomic E-state index is 12.1. The van der Waals surface area contributed by atoms with Gasteiger partial charge in [-0.1, -0.05) is 44.2 Å². The molecule has 1 saturated carbocycles. The largest absolute Gasteiger partial charge is 0.393 e. The molecule has 4 heteroatoms. The van der Waals surface area contributed by atoms with Crippen LogP contribution in [0.15, 0.2) is 30.3 Å². The Hall–Kier alpha value is -1.55. The number of benzene rings is 1. The van der Waals surface area contributed by atoms with Crippen molar-refractivity contribution in [2.75, 3.05) is 6.54 Å². The summed E-state index contributed by atoms with van der Waals surface area (Å²) in [6, 6.07) is 10.4. The summed E-state index contributed by atoms with van der Waals surface area (Å²) in [5.74, 6) is 0.785. The molecule has 4 nitrogen and oxygen atoms in total. The Bertz CT molecular complexity index is 453. The minimum absolute atomic E-state index is 0.0945. The van der Waals surface area contributed by atoms with Gasteiger partial charge in [-0.3, -0.25) is 0 Å². The summed E-state index contributed by atoms with van der Waals surface area (Å²) in [5, 5.41) is 15.5. The molecule has 0 saturated heterocycles. The summed E-state index contributed by atoms with van der Waals surface area (Å²) in [7, 11) is 0. The van der Waals surface area contributed by atoms with Gasteiger partial charge in [-0.15, -0.1) is 0 Å². The van der Waals surface area contributed by atoms with E-state index in [0.29, 0.717) is 18.4 Å². The van der Waals surface area contributed by atoms with Gasteiger partial charge in [0.25, 0.3) is 0 Å². The van der Waals surface area contributed by atoms with Crippen molar-refractivity contribution in [3.8, 4) is 0 Å². The average Bonchev–Trinajstić information content (AvgIpc) is 2.50. The fourth-order valence-electron chi connectivity index (χ4n) is 3.10. The number of urea groups is 1. The van der Waals surface area contributed by atoms with Crippen molar-refractivity contribution in [1.82, 2.24) is 10.6 Å². The summed E-state index contributed by atoms with van der Waals surface area (Å²) >= 11 is 0. The van der Waals surface area contributed by atoms with E-state index in [1.807, 2.05) is 18.2 Å². The zero-order chi connectivity index (χ0) is 15.9. The van der Waals surface area contributed by atoms with E-state index in [2.05, 4.69) is 36.6 Å². The van der Waals surface area contributed by atoms with Crippen LogP contribution >= 0.6 is 0 Å². The predicted octanol–water partition coefficient (Wildman–Crippen LogP) is 3.03. The van der Waals surface area contributed by atoms with Gasteiger partial charge in [0.15, 0.2) is 0 Å². The number of amides is 2. The second-order valence-corrected chi connectivity index (χ2v) is 6.62. The van der Waals surface area contributed by atoms with Crippen LogP contribution < -0.4 is 10.6 Å². The molecule has 1 fully saturated rings. The van der Waals surface area contributed by atoms with Gasteiger partial charge < -0.3 is 15.7 Å². The van der Waals surface area contributed by atoms with Crippen LogP contribution in [-0.4, -0.2) is 29.8 Å². The summed E-state index contributed by atoms with van der Waals surface area (Å²) in [5.41, 5.74) is 1.26. The van der Waals surface area contributed by atoms with Crippen molar-refractivity contribution in [2.24, 2.45) is 5.92 Å². The molecule has 1 atom stereocenters. The van der Waals surface area contributed by atoms with E-state index in [9.17, 15) is 9.90 Å². The molecule has 1 aliphatic carbocycles. The summed E-state index contributed by atoms with van der Waals surface area (Å²) < 4.78 is 0. The first-order chi connectivity index (χ1) is 10.6. The van der Waals surface area contributed by atoms with Crippen molar-refractivity contribution in [2.45, 2.75) is 57.6 Å². The third-order valence-corrected chi connectivity index (χ3v) is 4.55. The highest BCUT2D eigenvalue weighted by atomic mass is 16.3. The molecule has 0 heterocycles. The van der Waals surface area contributed by atoms with E-state index >= 15 is 0 Å². The molecule has 1 aliphatic rings. The van der Waals surface area contributed by atoms with Crippen molar-refractivity contribution >= 4 is 6.03 Å². The molecule has 0 bridgehead atoms. The summed E-state index contributed by atoms with van der Waals surface area (Å²) in [6.07, 6.45) is 3.10. The summed E-state index contributed by atoms with van der Waals surface area (Å²) in [6.45, 7) is 5.00. The molecule has 0 aliphatic heterocycles. The Morgan fingerprint density at radius 3 is 2.41 bits per heavy atom. The lowest BCUT2D eigenvalue weighted by Gasteiger charge is -2.27. The Morgan fingerprint density at radius 1 is 1.18 bits per heavy atom. The average molecular weight is 304 g/mol. The molecule has 3 N–H and O–H groups in total. The molecular formula is C18H28N2O2. The standard InChI is InChI=1S/C18H28N2O2/c1-13(2)17(14-6-4-3-5-7-14)12-19-18(22)20-15-8-10-16(21)11-9-15/h3-7,13,15-17,21H,8-12H2,1-2H3,(H2,19,20,22). The lowest BCUT2D eigenvalue weighted by atomic mass is 9.88. The SMILES string of the molecule is CC(C)C(CNC(=O)NC1CCC(O)CC1)c1ccccc1. The van der Waals surface area contributed by atoms with Gasteiger partial charge in [-0.25, -0.2) is 4.79 Å². The number of nitrogens with one attached hydrogen (secondary N) is 2. The number of carbonyl (C=O) groups excluding carboxylic acids is 1. The number of carbonyl (C=O) groups is 1. The molecule has 1 unspecified atom stereocenters. The maximum atomic E-state index is 12.1. The van der Waals surface area contributed by atoms with Crippen molar-refractivity contribution < 1.29 is 9.90 Å². The molecule has 2 rings (SSSR count). The molecule has 22 heavy (non-hydrogen) atoms. The minimum Gasteiger partial charge on any atom is -0.393 e. The third-order valence-electron chi connectivity index (χ3n) is 4.55. The number of aliphatic hydroxyl groups is 1. The van der Waals surface area contributed by atoms with E-state index in [0.717, 1.165) is 25.7 Å². The van der Waals surface area contributed by atoms with E-state index in [4.69, 9.17) is 0 Å². The highest BCUT2D eigenvalue weighted by Crippen LogP contribution is 2.23. The molecule has 0 spiro atoms. The van der Waals surface area contributed by atoms with Gasteiger partial charge in [0, 0.05) is 18.5 Å². The zero-order valence-corrected chi connectivity index (χ0v) is 13.6. The Kier molecular flexibility index (Phi) is 6.25. The first-order valence-electron chi connectivity index (χ1n) is 8.33. The van der Waals surface area contributed by atoms with Crippen LogP contribution in [0.25, 0.3) is 0 Å². The highest BCUT2D eigenvalue weighted by Gasteiger charge is 2.21. The fraction of sp³-hybridized carbons (Fsp3) is 0.611. The molecule has 1 aromatic carbocycles. The normalized spacial score (nSPS) is 23.1. The Morgan fingerprint density at radius 2 is 1.82 bits per heavy atom. The van der Waals surface area contributed by atoms with E-state index < -0.39 is 0 Å². The van der Waals surface area contributed by atoms with Gasteiger partial charge in [-0.05, 0) is 37.2 Å². The topological polar surface area (TPSA) is 61.4 Å². The zero-order valence-electron chi connectivity index (χ0n) is 13.6. The number of hydrogen-bond donors (Lipinski definition) is 3. The lowest BCUT2D eigenvalue weighted by molar-refractivity contribution is 0.117. The van der Waals surface area contributed by atoms with E-state index in [1.165, 1.54) is 5.56 Å². The monoisotopic (exact) mass is 304 g/mol. The van der Waals surface area contributed by atoms with Crippen molar-refractivity contribution in [1.29, 1.82) is 0 Å². The second kappa shape index (κ2) is 8.18. The van der Waals surface area contributed by atoms with Crippen LogP contribution in [0.5, 0.6) is 0 Å². The van der Waals surface area contributed by atoms with Gasteiger partial charge in [0.2, 0.25) is 0 Å². The third kappa shape index (κ3) is 5.02. The molecule has 122 valence electrons. The van der Waals surface area contributed by atoms with Gasteiger partial charge in [0.05, 0.1) is 6.10 Å². The first-order valence-corrected chi connectivity index (χ1v) is 8.33. The maximum Gasteiger partial charge on any atom is 0.315 e. The number of rotatable bonds is 5. The molecule has 1 aromatic rings. The van der Waals surface area contributed by atoms with Crippen LogP contribution in [0.2, 0.25) is 0 Å². The first kappa shape index (κ1) is 16.8. The van der Waals surface area contributed by atoms with Crippen LogP contribution in [-0.2, 0) is 0 Å². The van der Waals surface area contributed by atoms with E-state index in [-0.39, 0.29) is 18.2 Å². The van der Waals surface area contributed by atoms with Gasteiger partial charge in [0.1, 0.15) is 0 Å². The van der Waals surface area contributed by atoms with Gasteiger partial charge >= 0.3 is 6.03 Å². The molecule has 0 aromatic heterocycles. The smallest absolute Gasteiger partial charge is 0.315 e.